The van der Waals surface area contributed by atoms with Gasteiger partial charge in [0.2, 0.25) is 5.91 Å². The quantitative estimate of drug-likeness (QED) is 0.352. The van der Waals surface area contributed by atoms with E-state index in [0.717, 1.165) is 86.2 Å². The summed E-state index contributed by atoms with van der Waals surface area (Å²) in [6, 6.07) is 12.6. The number of hydrogen-bond acceptors (Lipinski definition) is 5. The highest BCUT2D eigenvalue weighted by Gasteiger charge is 2.31. The Hall–Kier alpha value is -3.15. The van der Waals surface area contributed by atoms with Crippen molar-refractivity contribution in [2.75, 3.05) is 18.6 Å². The minimum absolute atomic E-state index is 0.122. The number of aromatic nitrogens is 1. The molecule has 2 aliphatic carbocycles. The molecule has 1 aromatic heterocycles. The average molecular weight is 531 g/mol. The molecule has 0 atom stereocenters. The predicted molar refractivity (Wildman–Crippen MR) is 161 cm³/mol. The average Bonchev–Trinajstić information content (AvgIpc) is 2.96. The van der Waals surface area contributed by atoms with Crippen LogP contribution >= 0.6 is 0 Å². The lowest BCUT2D eigenvalue weighted by molar-refractivity contribution is -0.123. The van der Waals surface area contributed by atoms with Crippen LogP contribution < -0.4 is 15.4 Å². The van der Waals surface area contributed by atoms with Crippen molar-refractivity contribution >= 4 is 23.4 Å². The smallest absolute Gasteiger partial charge is 0.230 e. The molecule has 6 nitrogen and oxygen atoms in total. The maximum absolute atomic E-state index is 14.0. The van der Waals surface area contributed by atoms with Crippen molar-refractivity contribution in [2.24, 2.45) is 22.6 Å². The summed E-state index contributed by atoms with van der Waals surface area (Å²) < 4.78 is 5.40. The maximum atomic E-state index is 14.0. The van der Waals surface area contributed by atoms with Crippen LogP contribution in [0.5, 0.6) is 5.75 Å². The third kappa shape index (κ3) is 7.49. The number of allylic oxidation sites excluding steroid dienone is 1. The Labute approximate surface area is 234 Å². The zero-order valence-electron chi connectivity index (χ0n) is 24.2. The first-order chi connectivity index (χ1) is 18.9. The fourth-order valence-electron chi connectivity index (χ4n) is 6.10. The number of carbonyl (C=O) groups is 1. The second-order valence-corrected chi connectivity index (χ2v) is 11.6. The monoisotopic (exact) mass is 530 g/mol. The highest BCUT2D eigenvalue weighted by atomic mass is 16.5. The van der Waals surface area contributed by atoms with E-state index in [0.29, 0.717) is 11.8 Å². The highest BCUT2D eigenvalue weighted by molar-refractivity contribution is 6.10. The molecule has 2 saturated carbocycles. The van der Waals surface area contributed by atoms with Crippen LogP contribution in [0.2, 0.25) is 0 Å². The number of carbonyl (C=O) groups excluding carboxylic acids is 1. The summed E-state index contributed by atoms with van der Waals surface area (Å²) in [6.07, 6.45) is 13.4. The van der Waals surface area contributed by atoms with Crippen LogP contribution in [0, 0.1) is 18.8 Å². The first-order valence-corrected chi connectivity index (χ1v) is 14.8. The van der Waals surface area contributed by atoms with E-state index in [1.165, 1.54) is 12.1 Å². The summed E-state index contributed by atoms with van der Waals surface area (Å²) in [4.78, 5) is 25.4. The Morgan fingerprint density at radius 3 is 2.49 bits per heavy atom. The number of nitrogens with zero attached hydrogens (tertiary/aromatic N) is 3. The molecule has 2 aromatic rings. The number of anilines is 1. The molecule has 1 heterocycles. The highest BCUT2D eigenvalue weighted by Crippen LogP contribution is 2.38. The van der Waals surface area contributed by atoms with Crippen LogP contribution in [0.3, 0.4) is 0 Å². The van der Waals surface area contributed by atoms with Crippen LogP contribution in [0.15, 0.2) is 47.6 Å². The Morgan fingerprint density at radius 1 is 1.10 bits per heavy atom. The standard InChI is InChI=1S/C33H46N4O2/c1-23(2)35-21-29(20-34)28-11-8-12-30(19-28)37(33(38)27-9-6-5-7-10-27)22-25-13-15-26(16-14-25)31-17-18-32(39-4)24(3)36-31/h8,11-12,17-21,23,25-27H,5-7,9-10,13-16,22,34H2,1-4H3. The van der Waals surface area contributed by atoms with Gasteiger partial charge in [-0.25, -0.2) is 0 Å². The van der Waals surface area contributed by atoms with Crippen molar-refractivity contribution in [2.45, 2.75) is 90.5 Å². The summed E-state index contributed by atoms with van der Waals surface area (Å²) in [6.45, 7) is 6.87. The zero-order valence-corrected chi connectivity index (χ0v) is 24.2. The van der Waals surface area contributed by atoms with Crippen molar-refractivity contribution in [3.63, 3.8) is 0 Å². The lowest BCUT2D eigenvalue weighted by Gasteiger charge is -2.35. The topological polar surface area (TPSA) is 80.8 Å². The Bertz CT molecular complexity index is 1160. The number of nitrogens with two attached hydrogens (primary N) is 1. The number of pyridine rings is 1. The molecule has 39 heavy (non-hydrogen) atoms. The molecule has 1 aromatic carbocycles. The van der Waals surface area contributed by atoms with Crippen molar-refractivity contribution in [1.29, 1.82) is 0 Å². The molecule has 1 amide bonds. The van der Waals surface area contributed by atoms with Crippen LogP contribution in [0.4, 0.5) is 5.69 Å². The van der Waals surface area contributed by atoms with Gasteiger partial charge < -0.3 is 15.4 Å². The van der Waals surface area contributed by atoms with Crippen molar-refractivity contribution in [3.8, 4) is 5.75 Å². The van der Waals surface area contributed by atoms with E-state index >= 15 is 0 Å². The number of amides is 1. The van der Waals surface area contributed by atoms with Gasteiger partial charge in [-0.15, -0.1) is 0 Å². The number of benzene rings is 1. The van der Waals surface area contributed by atoms with Gasteiger partial charge in [0, 0.05) is 53.8 Å². The molecule has 210 valence electrons. The van der Waals surface area contributed by atoms with Crippen LogP contribution in [-0.4, -0.2) is 36.8 Å². The minimum atomic E-state index is 0.122. The zero-order chi connectivity index (χ0) is 27.8. The van der Waals surface area contributed by atoms with E-state index in [4.69, 9.17) is 15.5 Å². The molecule has 2 aliphatic rings. The van der Waals surface area contributed by atoms with Gasteiger partial charge >= 0.3 is 0 Å². The van der Waals surface area contributed by atoms with Gasteiger partial charge in [0.25, 0.3) is 0 Å². The molecule has 0 aliphatic heterocycles. The molecule has 2 N–H and O–H groups in total. The number of ether oxygens (including phenoxy) is 1. The predicted octanol–water partition coefficient (Wildman–Crippen LogP) is 7.06. The molecule has 4 rings (SSSR count). The van der Waals surface area contributed by atoms with Gasteiger partial charge in [-0.05, 0) is 95.0 Å². The Kier molecular flexibility index (Phi) is 10.2. The number of rotatable bonds is 9. The van der Waals surface area contributed by atoms with Crippen LogP contribution in [0.1, 0.15) is 94.5 Å². The molecular weight excluding hydrogens is 484 g/mol. The van der Waals surface area contributed by atoms with Gasteiger partial charge in [0.05, 0.1) is 12.8 Å². The van der Waals surface area contributed by atoms with Gasteiger partial charge in [0.1, 0.15) is 5.75 Å². The normalized spacial score (nSPS) is 20.9. The number of aliphatic imine (C=N–C) groups is 1. The van der Waals surface area contributed by atoms with Crippen molar-refractivity contribution in [1.82, 2.24) is 4.98 Å². The maximum Gasteiger partial charge on any atom is 0.230 e. The fraction of sp³-hybridized carbons (Fsp3) is 0.545. The first-order valence-electron chi connectivity index (χ1n) is 14.8. The van der Waals surface area contributed by atoms with E-state index in [9.17, 15) is 4.79 Å². The third-order valence-electron chi connectivity index (χ3n) is 8.39. The molecule has 2 fully saturated rings. The van der Waals surface area contributed by atoms with E-state index < -0.39 is 0 Å². The molecule has 0 bridgehead atoms. The molecule has 0 radical (unpaired) electrons. The van der Waals surface area contributed by atoms with Crippen molar-refractivity contribution < 1.29 is 9.53 Å². The van der Waals surface area contributed by atoms with Crippen LogP contribution in [0.25, 0.3) is 5.57 Å². The second kappa shape index (κ2) is 13.8. The summed E-state index contributed by atoms with van der Waals surface area (Å²) >= 11 is 0. The second-order valence-electron chi connectivity index (χ2n) is 11.6. The molecule has 0 saturated heterocycles. The lowest BCUT2D eigenvalue weighted by Crippen LogP contribution is -2.41. The molecular formula is C33H46N4O2. The largest absolute Gasteiger partial charge is 0.495 e. The molecule has 0 unspecified atom stereocenters. The van der Waals surface area contributed by atoms with Gasteiger partial charge in [-0.2, -0.15) is 0 Å². The number of methoxy groups -OCH3 is 1. The van der Waals surface area contributed by atoms with Crippen molar-refractivity contribution in [3.05, 3.63) is 59.5 Å². The summed E-state index contributed by atoms with van der Waals surface area (Å²) in [5.41, 5.74) is 10.9. The fourth-order valence-corrected chi connectivity index (χ4v) is 6.10. The number of hydrogen-bond donors (Lipinski definition) is 1. The summed E-state index contributed by atoms with van der Waals surface area (Å²) in [5, 5.41) is 0. The van der Waals surface area contributed by atoms with E-state index in [-0.39, 0.29) is 17.9 Å². The van der Waals surface area contributed by atoms with Gasteiger partial charge in [-0.3, -0.25) is 14.8 Å². The van der Waals surface area contributed by atoms with E-state index in [1.54, 1.807) is 13.3 Å². The van der Waals surface area contributed by atoms with E-state index in [2.05, 4.69) is 28.1 Å². The molecule has 6 heteroatoms. The SMILES string of the molecule is COc1ccc(C2CCC(CN(C(=O)C3CCCCC3)c3cccc(C(C=NC(C)C)=CN)c3)CC2)nc1C. The third-order valence-corrected chi connectivity index (χ3v) is 8.39. The number of aryl methyl sites for hydroxylation is 1. The first kappa shape index (κ1) is 28.8. The Morgan fingerprint density at radius 2 is 1.85 bits per heavy atom. The van der Waals surface area contributed by atoms with Gasteiger partial charge in [0.15, 0.2) is 0 Å². The summed E-state index contributed by atoms with van der Waals surface area (Å²) in [7, 11) is 1.69. The Balaban J connectivity index is 1.52. The van der Waals surface area contributed by atoms with E-state index in [1.807, 2.05) is 45.2 Å². The van der Waals surface area contributed by atoms with Crippen LogP contribution in [-0.2, 0) is 4.79 Å². The lowest BCUT2D eigenvalue weighted by atomic mass is 9.79. The minimum Gasteiger partial charge on any atom is -0.495 e. The van der Waals surface area contributed by atoms with Gasteiger partial charge in [-0.1, -0.05) is 31.4 Å². The summed E-state index contributed by atoms with van der Waals surface area (Å²) in [5.74, 6) is 2.19. The molecule has 0 spiro atoms.